The minimum absolute atomic E-state index is 0.0247. The molecule has 2 aliphatic rings. The van der Waals surface area contributed by atoms with Gasteiger partial charge in [0.05, 0.1) is 18.9 Å². The summed E-state index contributed by atoms with van der Waals surface area (Å²) in [5.41, 5.74) is 2.05. The van der Waals surface area contributed by atoms with Crippen molar-refractivity contribution >= 4 is 23.1 Å². The van der Waals surface area contributed by atoms with Crippen LogP contribution in [0.5, 0.6) is 11.5 Å². The monoisotopic (exact) mass is 393 g/mol. The molecule has 0 unspecified atom stereocenters. The Balaban J connectivity index is 1.44. The van der Waals surface area contributed by atoms with Gasteiger partial charge in [-0.25, -0.2) is 0 Å². The lowest BCUT2D eigenvalue weighted by atomic mass is 10.1. The Morgan fingerprint density at radius 2 is 1.86 bits per heavy atom. The number of fused-ring (bicyclic) bond motifs is 1. The predicted molar refractivity (Wildman–Crippen MR) is 109 cm³/mol. The predicted octanol–water partition coefficient (Wildman–Crippen LogP) is 2.69. The maximum absolute atomic E-state index is 12.7. The average molecular weight is 393 g/mol. The van der Waals surface area contributed by atoms with Gasteiger partial charge in [-0.1, -0.05) is 24.3 Å². The number of nitrogens with zero attached hydrogens (tertiary/aromatic N) is 2. The molecule has 150 valence electrons. The molecule has 1 N–H and O–H groups in total. The highest BCUT2D eigenvalue weighted by Gasteiger charge is 2.34. The van der Waals surface area contributed by atoms with E-state index in [0.29, 0.717) is 31.2 Å². The van der Waals surface area contributed by atoms with E-state index in [2.05, 4.69) is 10.4 Å². The summed E-state index contributed by atoms with van der Waals surface area (Å²) in [6, 6.07) is 14.6. The van der Waals surface area contributed by atoms with Gasteiger partial charge in [-0.3, -0.25) is 14.6 Å². The maximum atomic E-state index is 12.7. The molecule has 1 amide bonds. The number of amides is 1. The zero-order valence-electron chi connectivity index (χ0n) is 16.3. The fourth-order valence-corrected chi connectivity index (χ4v) is 3.38. The van der Waals surface area contributed by atoms with Gasteiger partial charge in [0.2, 0.25) is 0 Å². The first kappa shape index (κ1) is 19.0. The Kier molecular flexibility index (Phi) is 5.46. The standard InChI is InChI=1S/C22H23N3O4/c1-15(26)19-13-18(24-25(19)17-6-3-2-4-7-17)22(27)23-14-16-8-9-20-21(12-16)29-11-5-10-28-20/h2-4,6-9,12,19H,5,10-11,13-14H2,1H3,(H,23,27)/t19-/m0/s1. The van der Waals surface area contributed by atoms with Crippen LogP contribution in [0, 0.1) is 0 Å². The number of hydrazone groups is 1. The number of anilines is 1. The topological polar surface area (TPSA) is 80.2 Å². The number of carbonyl (C=O) groups excluding carboxylic acids is 2. The van der Waals surface area contributed by atoms with Gasteiger partial charge in [-0.2, -0.15) is 5.10 Å². The molecule has 2 aromatic rings. The molecule has 4 rings (SSSR count). The van der Waals surface area contributed by atoms with Crippen molar-refractivity contribution in [3.63, 3.8) is 0 Å². The maximum Gasteiger partial charge on any atom is 0.267 e. The molecular formula is C22H23N3O4. The number of hydrogen-bond donors (Lipinski definition) is 1. The summed E-state index contributed by atoms with van der Waals surface area (Å²) >= 11 is 0. The number of rotatable bonds is 5. The van der Waals surface area contributed by atoms with Crippen LogP contribution in [0.3, 0.4) is 0 Å². The van der Waals surface area contributed by atoms with Gasteiger partial charge >= 0.3 is 0 Å². The SMILES string of the molecule is CC(=O)[C@@H]1CC(C(=O)NCc2ccc3c(c2)OCCCO3)=NN1c1ccccc1. The molecule has 0 bridgehead atoms. The molecule has 1 atom stereocenters. The number of hydrogen-bond acceptors (Lipinski definition) is 6. The Hall–Kier alpha value is -3.35. The molecule has 29 heavy (non-hydrogen) atoms. The van der Waals surface area contributed by atoms with E-state index < -0.39 is 6.04 Å². The van der Waals surface area contributed by atoms with Crippen LogP contribution >= 0.6 is 0 Å². The molecule has 0 radical (unpaired) electrons. The lowest BCUT2D eigenvalue weighted by Crippen LogP contribution is -2.34. The number of para-hydroxylation sites is 1. The highest BCUT2D eigenvalue weighted by Crippen LogP contribution is 2.30. The first-order valence-corrected chi connectivity index (χ1v) is 9.71. The quantitative estimate of drug-likeness (QED) is 0.845. The molecule has 0 saturated carbocycles. The smallest absolute Gasteiger partial charge is 0.267 e. The highest BCUT2D eigenvalue weighted by atomic mass is 16.5. The van der Waals surface area contributed by atoms with Crippen LogP contribution in [-0.2, 0) is 16.1 Å². The molecule has 0 fully saturated rings. The molecule has 7 nitrogen and oxygen atoms in total. The number of Topliss-reactive ketones (excluding diaryl/α,β-unsaturated/α-hetero) is 1. The molecule has 2 aliphatic heterocycles. The summed E-state index contributed by atoms with van der Waals surface area (Å²) in [4.78, 5) is 24.7. The minimum atomic E-state index is -0.462. The molecule has 7 heteroatoms. The number of ketones is 1. The van der Waals surface area contributed by atoms with E-state index >= 15 is 0 Å². The van der Waals surface area contributed by atoms with Crippen molar-refractivity contribution in [2.75, 3.05) is 18.2 Å². The molecule has 2 heterocycles. The average Bonchev–Trinajstić information content (AvgIpc) is 3.06. The van der Waals surface area contributed by atoms with Crippen LogP contribution in [0.4, 0.5) is 5.69 Å². The van der Waals surface area contributed by atoms with Crippen molar-refractivity contribution in [1.29, 1.82) is 0 Å². The molecular weight excluding hydrogens is 370 g/mol. The summed E-state index contributed by atoms with van der Waals surface area (Å²) in [7, 11) is 0. The van der Waals surface area contributed by atoms with Crippen molar-refractivity contribution in [3.05, 3.63) is 54.1 Å². The van der Waals surface area contributed by atoms with Gasteiger partial charge in [0.15, 0.2) is 17.3 Å². The number of carbonyl (C=O) groups is 2. The molecule has 2 aromatic carbocycles. The molecule has 0 aliphatic carbocycles. The van der Waals surface area contributed by atoms with Crippen molar-refractivity contribution in [2.24, 2.45) is 5.10 Å². The van der Waals surface area contributed by atoms with E-state index in [0.717, 1.165) is 23.4 Å². The third-order valence-electron chi connectivity index (χ3n) is 4.93. The molecule has 0 aromatic heterocycles. The van der Waals surface area contributed by atoms with Crippen molar-refractivity contribution in [3.8, 4) is 11.5 Å². The number of nitrogens with one attached hydrogen (secondary N) is 1. The molecule has 0 spiro atoms. The first-order chi connectivity index (χ1) is 14.1. The summed E-state index contributed by atoms with van der Waals surface area (Å²) in [6.45, 7) is 3.11. The van der Waals surface area contributed by atoms with Gasteiger partial charge in [0, 0.05) is 19.4 Å². The largest absolute Gasteiger partial charge is 0.490 e. The van der Waals surface area contributed by atoms with E-state index in [9.17, 15) is 9.59 Å². The van der Waals surface area contributed by atoms with Crippen LogP contribution in [0.2, 0.25) is 0 Å². The summed E-state index contributed by atoms with van der Waals surface area (Å²) in [6.07, 6.45) is 1.13. The van der Waals surface area contributed by atoms with E-state index in [1.54, 1.807) is 5.01 Å². The van der Waals surface area contributed by atoms with Crippen molar-refractivity contribution in [2.45, 2.75) is 32.4 Å². The van der Waals surface area contributed by atoms with E-state index in [1.807, 2.05) is 48.5 Å². The Labute approximate surface area is 169 Å². The van der Waals surface area contributed by atoms with Crippen LogP contribution < -0.4 is 19.8 Å². The Bertz CT molecular complexity index is 942. The van der Waals surface area contributed by atoms with Gasteiger partial charge in [0.25, 0.3) is 5.91 Å². The van der Waals surface area contributed by atoms with Gasteiger partial charge in [0.1, 0.15) is 11.8 Å². The third kappa shape index (κ3) is 4.23. The fraction of sp³-hybridized carbons (Fsp3) is 0.318. The lowest BCUT2D eigenvalue weighted by Gasteiger charge is -2.20. The van der Waals surface area contributed by atoms with Crippen LogP contribution in [-0.4, -0.2) is 36.7 Å². The van der Waals surface area contributed by atoms with Crippen LogP contribution in [0.25, 0.3) is 0 Å². The second-order valence-electron chi connectivity index (χ2n) is 7.07. The first-order valence-electron chi connectivity index (χ1n) is 9.71. The van der Waals surface area contributed by atoms with Gasteiger partial charge in [-0.05, 0) is 36.8 Å². The number of benzene rings is 2. The third-order valence-corrected chi connectivity index (χ3v) is 4.93. The van der Waals surface area contributed by atoms with E-state index in [4.69, 9.17) is 9.47 Å². The summed E-state index contributed by atoms with van der Waals surface area (Å²) < 4.78 is 11.3. The van der Waals surface area contributed by atoms with E-state index in [1.165, 1.54) is 6.92 Å². The van der Waals surface area contributed by atoms with Crippen LogP contribution in [0.1, 0.15) is 25.3 Å². The fourth-order valence-electron chi connectivity index (χ4n) is 3.38. The van der Waals surface area contributed by atoms with Gasteiger partial charge in [-0.15, -0.1) is 0 Å². The van der Waals surface area contributed by atoms with Gasteiger partial charge < -0.3 is 14.8 Å². The summed E-state index contributed by atoms with van der Waals surface area (Å²) in [5, 5.41) is 8.95. The zero-order chi connectivity index (χ0) is 20.2. The summed E-state index contributed by atoms with van der Waals surface area (Å²) in [5.74, 6) is 1.12. The molecule has 0 saturated heterocycles. The second kappa shape index (κ2) is 8.34. The zero-order valence-corrected chi connectivity index (χ0v) is 16.3. The van der Waals surface area contributed by atoms with Crippen molar-refractivity contribution < 1.29 is 19.1 Å². The van der Waals surface area contributed by atoms with E-state index in [-0.39, 0.29) is 18.1 Å². The highest BCUT2D eigenvalue weighted by molar-refractivity contribution is 6.40. The van der Waals surface area contributed by atoms with Crippen molar-refractivity contribution in [1.82, 2.24) is 5.32 Å². The Morgan fingerprint density at radius 1 is 1.10 bits per heavy atom. The Morgan fingerprint density at radius 3 is 2.62 bits per heavy atom. The second-order valence-corrected chi connectivity index (χ2v) is 7.07. The lowest BCUT2D eigenvalue weighted by molar-refractivity contribution is -0.118. The minimum Gasteiger partial charge on any atom is -0.490 e. The number of ether oxygens (including phenoxy) is 2. The normalized spacial score (nSPS) is 18.0. The van der Waals surface area contributed by atoms with Crippen LogP contribution in [0.15, 0.2) is 53.6 Å².